The zero-order chi connectivity index (χ0) is 23.1. The first-order valence-corrected chi connectivity index (χ1v) is 10.0. The Hall–Kier alpha value is -3.03. The zero-order valence-electron chi connectivity index (χ0n) is 17.2. The second kappa shape index (κ2) is 8.24. The fraction of sp³-hybridized carbons (Fsp3) is 0.227. The quantitative estimate of drug-likeness (QED) is 0.524. The molecule has 2 aromatic carbocycles. The van der Waals surface area contributed by atoms with Crippen LogP contribution in [0, 0.1) is 5.41 Å². The Labute approximate surface area is 188 Å². The van der Waals surface area contributed by atoms with E-state index in [2.05, 4.69) is 5.32 Å². The van der Waals surface area contributed by atoms with Crippen LogP contribution in [0.25, 0.3) is 10.9 Å². The number of anilines is 1. The molecule has 0 aliphatic rings. The third kappa shape index (κ3) is 4.52. The fourth-order valence-corrected chi connectivity index (χ4v) is 3.35. The number of hydrogen-bond donors (Lipinski definition) is 2. The number of carbonyl (C=O) groups excluding carboxylic acids is 3. The monoisotopic (exact) mass is 462 g/mol. The van der Waals surface area contributed by atoms with E-state index < -0.39 is 29.0 Å². The van der Waals surface area contributed by atoms with Crippen molar-refractivity contribution >= 4 is 57.5 Å². The van der Waals surface area contributed by atoms with Crippen LogP contribution < -0.4 is 10.2 Å². The molecule has 0 bridgehead atoms. The largest absolute Gasteiger partial charge is 0.492 e. The lowest BCUT2D eigenvalue weighted by Crippen LogP contribution is -2.31. The molecule has 0 aliphatic heterocycles. The summed E-state index contributed by atoms with van der Waals surface area (Å²) < 4.78 is 0.893. The molecule has 7 nitrogen and oxygen atoms in total. The number of nitrogens with zero attached hydrogens (tertiary/aromatic N) is 1. The maximum absolute atomic E-state index is 12.6. The summed E-state index contributed by atoms with van der Waals surface area (Å²) in [6, 6.07) is 9.08. The van der Waals surface area contributed by atoms with Gasteiger partial charge in [0, 0.05) is 16.1 Å². The van der Waals surface area contributed by atoms with Gasteiger partial charge in [0.15, 0.2) is 5.78 Å². The van der Waals surface area contributed by atoms with Crippen molar-refractivity contribution in [3.63, 3.8) is 0 Å². The number of rotatable bonds is 4. The molecule has 0 aliphatic carbocycles. The van der Waals surface area contributed by atoms with E-state index in [-0.39, 0.29) is 21.7 Å². The van der Waals surface area contributed by atoms with Crippen molar-refractivity contribution in [2.75, 3.05) is 5.32 Å². The lowest BCUT2D eigenvalue weighted by molar-refractivity contribution is -0.153. The number of aromatic nitrogens is 1. The van der Waals surface area contributed by atoms with Gasteiger partial charge < -0.3 is 15.3 Å². The summed E-state index contributed by atoms with van der Waals surface area (Å²) in [5.41, 5.74) is -0.0517. The summed E-state index contributed by atoms with van der Waals surface area (Å²) in [5, 5.41) is 14.2. The van der Waals surface area contributed by atoms with Crippen LogP contribution in [0.3, 0.4) is 0 Å². The number of nitrogens with one attached hydrogen (secondary N) is 1. The van der Waals surface area contributed by atoms with Crippen LogP contribution in [0.2, 0.25) is 10.0 Å². The molecule has 0 radical (unpaired) electrons. The van der Waals surface area contributed by atoms with Crippen molar-refractivity contribution in [3.05, 3.63) is 57.6 Å². The molecule has 0 saturated carbocycles. The minimum atomic E-state index is -0.851. The predicted octanol–water partition coefficient (Wildman–Crippen LogP) is 5.11. The molecule has 3 rings (SSSR count). The van der Waals surface area contributed by atoms with E-state index in [4.69, 9.17) is 28.0 Å². The Kier molecular flexibility index (Phi) is 6.02. The van der Waals surface area contributed by atoms with Crippen LogP contribution in [0.1, 0.15) is 48.4 Å². The van der Waals surface area contributed by atoms with Gasteiger partial charge in [0.2, 0.25) is 5.88 Å². The van der Waals surface area contributed by atoms with Crippen LogP contribution in [-0.2, 0) is 4.79 Å². The van der Waals surface area contributed by atoms with Gasteiger partial charge >= 0.3 is 5.97 Å². The number of fused-ring (bicyclic) bond motifs is 1. The normalized spacial score (nSPS) is 11.4. The first-order chi connectivity index (χ1) is 14.4. The second-order valence-corrected chi connectivity index (χ2v) is 8.83. The van der Waals surface area contributed by atoms with Crippen LogP contribution in [0.15, 0.2) is 36.4 Å². The molecule has 9 heteroatoms. The lowest BCUT2D eigenvalue weighted by atomic mass is 9.98. The summed E-state index contributed by atoms with van der Waals surface area (Å²) in [6.07, 6.45) is 0. The number of amides is 1. The first-order valence-electron chi connectivity index (χ1n) is 9.27. The van der Waals surface area contributed by atoms with Gasteiger partial charge in [-0.15, -0.1) is 4.73 Å². The molecule has 31 heavy (non-hydrogen) atoms. The number of ketones is 1. The van der Waals surface area contributed by atoms with Gasteiger partial charge in [-0.1, -0.05) is 23.2 Å². The second-order valence-electron chi connectivity index (χ2n) is 7.99. The Bertz CT molecular complexity index is 1220. The third-order valence-electron chi connectivity index (χ3n) is 4.47. The predicted molar refractivity (Wildman–Crippen MR) is 119 cm³/mol. The topological polar surface area (TPSA) is 97.6 Å². The van der Waals surface area contributed by atoms with E-state index in [1.807, 2.05) is 0 Å². The number of aromatic hydroxyl groups is 1. The minimum Gasteiger partial charge on any atom is -0.492 e. The van der Waals surface area contributed by atoms with Gasteiger partial charge in [-0.2, -0.15) is 0 Å². The number of halogens is 2. The molecular weight excluding hydrogens is 443 g/mol. The molecule has 0 saturated heterocycles. The van der Waals surface area contributed by atoms with E-state index in [0.29, 0.717) is 16.1 Å². The summed E-state index contributed by atoms with van der Waals surface area (Å²) in [5.74, 6) is -2.00. The molecule has 3 aromatic rings. The van der Waals surface area contributed by atoms with Crippen LogP contribution >= 0.6 is 23.2 Å². The van der Waals surface area contributed by atoms with E-state index in [1.54, 1.807) is 39.0 Å². The third-order valence-corrected chi connectivity index (χ3v) is 5.02. The van der Waals surface area contributed by atoms with E-state index in [9.17, 15) is 19.5 Å². The molecule has 0 atom stereocenters. The number of Topliss-reactive ketones (excluding diaryl/α,β-unsaturated/α-hetero) is 1. The van der Waals surface area contributed by atoms with Gasteiger partial charge in [0.25, 0.3) is 5.91 Å². The average Bonchev–Trinajstić information content (AvgIpc) is 2.92. The van der Waals surface area contributed by atoms with Crippen molar-refractivity contribution in [1.82, 2.24) is 4.73 Å². The van der Waals surface area contributed by atoms with Crippen molar-refractivity contribution in [1.29, 1.82) is 0 Å². The maximum Gasteiger partial charge on any atom is 0.338 e. The Morgan fingerprint density at radius 1 is 1.06 bits per heavy atom. The number of benzene rings is 2. The van der Waals surface area contributed by atoms with Gasteiger partial charge in [-0.05, 0) is 64.1 Å². The van der Waals surface area contributed by atoms with E-state index >= 15 is 0 Å². The molecule has 0 fully saturated rings. The Balaban J connectivity index is 2.05. The summed E-state index contributed by atoms with van der Waals surface area (Å²) >= 11 is 12.0. The smallest absolute Gasteiger partial charge is 0.338 e. The highest BCUT2D eigenvalue weighted by Crippen LogP contribution is 2.33. The average molecular weight is 463 g/mol. The summed E-state index contributed by atoms with van der Waals surface area (Å²) in [7, 11) is 0. The molecule has 162 valence electrons. The van der Waals surface area contributed by atoms with Gasteiger partial charge in [0.1, 0.15) is 0 Å². The van der Waals surface area contributed by atoms with Gasteiger partial charge in [-0.25, -0.2) is 4.79 Å². The molecule has 1 heterocycles. The Morgan fingerprint density at radius 3 is 2.32 bits per heavy atom. The molecule has 0 spiro atoms. The van der Waals surface area contributed by atoms with E-state index in [1.165, 1.54) is 25.1 Å². The van der Waals surface area contributed by atoms with Gasteiger partial charge in [0.05, 0.1) is 27.1 Å². The molecule has 1 aromatic heterocycles. The van der Waals surface area contributed by atoms with Crippen LogP contribution in [0.4, 0.5) is 5.69 Å². The molecule has 2 N–H and O–H groups in total. The number of hydrogen-bond acceptors (Lipinski definition) is 5. The highest BCUT2D eigenvalue weighted by atomic mass is 35.5. The van der Waals surface area contributed by atoms with Crippen LogP contribution in [0.5, 0.6) is 5.88 Å². The minimum absolute atomic E-state index is 0.00957. The van der Waals surface area contributed by atoms with Crippen molar-refractivity contribution < 1.29 is 24.3 Å². The zero-order valence-corrected chi connectivity index (χ0v) is 18.8. The first kappa shape index (κ1) is 22.7. The summed E-state index contributed by atoms with van der Waals surface area (Å²) in [6.45, 7) is 6.27. The summed E-state index contributed by atoms with van der Waals surface area (Å²) in [4.78, 5) is 42.4. The molecular formula is C22H20Cl2N2O5. The maximum atomic E-state index is 12.6. The number of carbonyl (C=O) groups is 3. The fourth-order valence-electron chi connectivity index (χ4n) is 2.86. The highest BCUT2D eigenvalue weighted by Gasteiger charge is 2.28. The van der Waals surface area contributed by atoms with Crippen molar-refractivity contribution in [2.24, 2.45) is 5.41 Å². The SMILES string of the molecule is CC(=O)c1c(O)n(OC(=O)C(C)(C)C)c2cc(NC(=O)c3ccc(Cl)cc3Cl)ccc12. The lowest BCUT2D eigenvalue weighted by Gasteiger charge is -2.17. The van der Waals surface area contributed by atoms with Gasteiger partial charge in [-0.3, -0.25) is 9.59 Å². The molecule has 1 amide bonds. The highest BCUT2D eigenvalue weighted by molar-refractivity contribution is 6.37. The van der Waals surface area contributed by atoms with E-state index in [0.717, 1.165) is 4.73 Å². The van der Waals surface area contributed by atoms with Crippen LogP contribution in [-0.4, -0.2) is 27.5 Å². The van der Waals surface area contributed by atoms with Crippen molar-refractivity contribution in [2.45, 2.75) is 27.7 Å². The molecule has 0 unspecified atom stereocenters. The standard InChI is InChI=1S/C22H20Cl2N2O5/c1-11(27)18-15-8-6-13(25-19(28)14-7-5-12(23)9-16(14)24)10-17(15)26(20(18)29)31-21(30)22(2,3)4/h5-10,29H,1-4H3,(H,25,28). The Morgan fingerprint density at radius 2 is 1.74 bits per heavy atom. The van der Waals surface area contributed by atoms with Crippen molar-refractivity contribution in [3.8, 4) is 5.88 Å².